The van der Waals surface area contributed by atoms with E-state index in [0.29, 0.717) is 28.9 Å². The van der Waals surface area contributed by atoms with Gasteiger partial charge in [0, 0.05) is 24.3 Å². The summed E-state index contributed by atoms with van der Waals surface area (Å²) in [5.74, 6) is -3.36. The van der Waals surface area contributed by atoms with Crippen molar-refractivity contribution in [1.82, 2.24) is 30.4 Å². The van der Waals surface area contributed by atoms with Crippen LogP contribution in [-0.2, 0) is 11.8 Å². The molecule has 1 aromatic carbocycles. The van der Waals surface area contributed by atoms with Gasteiger partial charge in [-0.2, -0.15) is 4.80 Å². The first-order chi connectivity index (χ1) is 15.9. The molecule has 2 aliphatic rings. The van der Waals surface area contributed by atoms with Gasteiger partial charge in [0.05, 0.1) is 13.0 Å². The van der Waals surface area contributed by atoms with Gasteiger partial charge in [0.25, 0.3) is 0 Å². The fourth-order valence-electron chi connectivity index (χ4n) is 4.95. The number of nitrogens with one attached hydrogen (secondary N) is 1. The summed E-state index contributed by atoms with van der Waals surface area (Å²) in [6.07, 6.45) is 4.34. The maximum absolute atomic E-state index is 14.0. The molecular weight excluding hydrogens is 448 g/mol. The molecule has 2 saturated carbocycles. The molecule has 0 saturated heterocycles. The number of carbonyl (C=O) groups is 1. The second kappa shape index (κ2) is 8.85. The number of rotatable bonds is 6. The maximum Gasteiger partial charge on any atom is 0.248 e. The Labute approximate surface area is 193 Å². The third kappa shape index (κ3) is 4.78. The lowest BCUT2D eigenvalue weighted by atomic mass is 9.83. The van der Waals surface area contributed by atoms with E-state index >= 15 is 0 Å². The minimum absolute atomic E-state index is 0.201. The summed E-state index contributed by atoms with van der Waals surface area (Å²) >= 11 is 1.39. The van der Waals surface area contributed by atoms with E-state index in [2.05, 4.69) is 30.9 Å². The van der Waals surface area contributed by atoms with Crippen molar-refractivity contribution < 1.29 is 13.6 Å². The second-order valence-electron chi connectivity index (χ2n) is 8.98. The fourth-order valence-corrected chi connectivity index (χ4v) is 5.87. The van der Waals surface area contributed by atoms with Gasteiger partial charge in [-0.15, -0.1) is 20.4 Å². The predicted octanol–water partition coefficient (Wildman–Crippen LogP) is 4.54. The summed E-state index contributed by atoms with van der Waals surface area (Å²) in [4.78, 5) is 14.7. The Bertz CT molecular complexity index is 1120. The van der Waals surface area contributed by atoms with Gasteiger partial charge in [-0.1, -0.05) is 48.4 Å². The number of tetrazole rings is 1. The molecule has 0 unspecified atom stereocenters. The first-order valence-electron chi connectivity index (χ1n) is 11.2. The zero-order valence-electron chi connectivity index (χ0n) is 18.2. The van der Waals surface area contributed by atoms with Crippen molar-refractivity contribution in [1.29, 1.82) is 0 Å². The topological polar surface area (TPSA) is 98.5 Å². The van der Waals surface area contributed by atoms with E-state index in [1.165, 1.54) is 29.0 Å². The summed E-state index contributed by atoms with van der Waals surface area (Å²) in [5.41, 5.74) is 1.43. The fraction of sp³-hybridized carbons (Fsp3) is 0.545. The van der Waals surface area contributed by atoms with Crippen LogP contribution in [0.2, 0.25) is 0 Å². The molecular formula is C22H25F2N7OS. The molecule has 0 spiro atoms. The standard InChI is InChI=1S/C22H25F2N7OS/c1-31-29-18(26-30-31)14-8-6-13(7-9-14)17(16-10-11-22(23,24)12-16)19(32)25-21-28-27-20(33-21)15-4-2-3-5-15/h6-9,15-17H,2-5,10-12H2,1H3,(H,25,28,32)/t16-,17+/m0/s1. The zero-order valence-corrected chi connectivity index (χ0v) is 19.1. The van der Waals surface area contributed by atoms with Gasteiger partial charge in [-0.25, -0.2) is 8.78 Å². The molecule has 3 aromatic rings. The maximum atomic E-state index is 14.0. The summed E-state index contributed by atoms with van der Waals surface area (Å²) in [7, 11) is 1.68. The van der Waals surface area contributed by atoms with Gasteiger partial charge in [0.15, 0.2) is 0 Å². The van der Waals surface area contributed by atoms with Crippen molar-refractivity contribution in [2.75, 3.05) is 5.32 Å². The number of aryl methyl sites for hydroxylation is 1. The van der Waals surface area contributed by atoms with Crippen molar-refractivity contribution in [2.45, 2.75) is 62.7 Å². The molecule has 174 valence electrons. The Morgan fingerprint density at radius 2 is 1.91 bits per heavy atom. The van der Waals surface area contributed by atoms with Crippen molar-refractivity contribution in [3.8, 4) is 11.4 Å². The lowest BCUT2D eigenvalue weighted by molar-refractivity contribution is -0.118. The molecule has 0 radical (unpaired) electrons. The highest BCUT2D eigenvalue weighted by Crippen LogP contribution is 2.46. The van der Waals surface area contributed by atoms with Crippen molar-refractivity contribution in [3.63, 3.8) is 0 Å². The summed E-state index contributed by atoms with van der Waals surface area (Å²) in [5, 5.41) is 24.6. The van der Waals surface area contributed by atoms with Gasteiger partial charge in [-0.05, 0) is 36.0 Å². The van der Waals surface area contributed by atoms with Gasteiger partial charge in [0.1, 0.15) is 5.01 Å². The third-order valence-electron chi connectivity index (χ3n) is 6.61. The van der Waals surface area contributed by atoms with Crippen LogP contribution in [-0.4, -0.2) is 42.2 Å². The van der Waals surface area contributed by atoms with E-state index < -0.39 is 17.8 Å². The van der Waals surface area contributed by atoms with Crippen LogP contribution in [0.5, 0.6) is 0 Å². The number of halogens is 2. The Kier molecular flexibility index (Phi) is 5.90. The lowest BCUT2D eigenvalue weighted by Crippen LogP contribution is -2.27. The quantitative estimate of drug-likeness (QED) is 0.564. The minimum Gasteiger partial charge on any atom is -0.300 e. The predicted molar refractivity (Wildman–Crippen MR) is 119 cm³/mol. The average Bonchev–Trinajstić information content (AvgIpc) is 3.57. The van der Waals surface area contributed by atoms with Crippen LogP contribution < -0.4 is 5.32 Å². The van der Waals surface area contributed by atoms with Crippen molar-refractivity contribution >= 4 is 22.4 Å². The van der Waals surface area contributed by atoms with E-state index in [-0.39, 0.29) is 18.7 Å². The second-order valence-corrected chi connectivity index (χ2v) is 9.99. The van der Waals surface area contributed by atoms with E-state index in [9.17, 15) is 13.6 Å². The van der Waals surface area contributed by atoms with E-state index in [1.54, 1.807) is 31.3 Å². The molecule has 2 heterocycles. The molecule has 1 amide bonds. The lowest BCUT2D eigenvalue weighted by Gasteiger charge is -2.23. The van der Waals surface area contributed by atoms with Gasteiger partial charge in [0.2, 0.25) is 22.8 Å². The summed E-state index contributed by atoms with van der Waals surface area (Å²) < 4.78 is 28.1. The van der Waals surface area contributed by atoms with Crippen LogP contribution in [0.15, 0.2) is 24.3 Å². The Morgan fingerprint density at radius 3 is 2.55 bits per heavy atom. The number of nitrogens with zero attached hydrogens (tertiary/aromatic N) is 6. The van der Waals surface area contributed by atoms with Crippen LogP contribution in [0.1, 0.15) is 67.4 Å². The molecule has 2 aromatic heterocycles. The zero-order chi connectivity index (χ0) is 23.0. The molecule has 8 nitrogen and oxygen atoms in total. The highest BCUT2D eigenvalue weighted by Gasteiger charge is 2.45. The number of hydrogen-bond acceptors (Lipinski definition) is 7. The molecule has 0 bridgehead atoms. The summed E-state index contributed by atoms with van der Waals surface area (Å²) in [6, 6.07) is 7.17. The highest BCUT2D eigenvalue weighted by molar-refractivity contribution is 7.15. The van der Waals surface area contributed by atoms with Crippen molar-refractivity contribution in [3.05, 3.63) is 34.8 Å². The van der Waals surface area contributed by atoms with Crippen LogP contribution in [0.25, 0.3) is 11.4 Å². The average molecular weight is 474 g/mol. The first-order valence-corrected chi connectivity index (χ1v) is 12.1. The highest BCUT2D eigenvalue weighted by atomic mass is 32.1. The van der Waals surface area contributed by atoms with Crippen LogP contribution in [0.4, 0.5) is 13.9 Å². The van der Waals surface area contributed by atoms with Gasteiger partial charge < -0.3 is 0 Å². The largest absolute Gasteiger partial charge is 0.300 e. The minimum atomic E-state index is -2.74. The Hall–Kier alpha value is -2.82. The van der Waals surface area contributed by atoms with Crippen LogP contribution in [0, 0.1) is 5.92 Å². The Balaban J connectivity index is 1.38. The monoisotopic (exact) mass is 473 g/mol. The SMILES string of the molecule is Cn1nnc(-c2ccc([C@@H](C(=O)Nc3nnc(C4CCCC4)s3)[C@H]3CCC(F)(F)C3)cc2)n1. The number of benzene rings is 1. The molecule has 1 N–H and O–H groups in total. The van der Waals surface area contributed by atoms with Crippen LogP contribution in [0.3, 0.4) is 0 Å². The molecule has 2 fully saturated rings. The Morgan fingerprint density at radius 1 is 1.15 bits per heavy atom. The van der Waals surface area contributed by atoms with Crippen molar-refractivity contribution in [2.24, 2.45) is 13.0 Å². The van der Waals surface area contributed by atoms with Crippen LogP contribution >= 0.6 is 11.3 Å². The number of alkyl halides is 2. The normalized spacial score (nSPS) is 21.4. The number of carbonyl (C=O) groups excluding carboxylic acids is 1. The molecule has 11 heteroatoms. The first kappa shape index (κ1) is 22.0. The molecule has 0 aliphatic heterocycles. The van der Waals surface area contributed by atoms with E-state index in [4.69, 9.17) is 0 Å². The number of amides is 1. The van der Waals surface area contributed by atoms with Gasteiger partial charge >= 0.3 is 0 Å². The summed E-state index contributed by atoms with van der Waals surface area (Å²) in [6.45, 7) is 0. The number of hydrogen-bond donors (Lipinski definition) is 1. The molecule has 5 rings (SSSR count). The third-order valence-corrected chi connectivity index (χ3v) is 7.61. The molecule has 2 aliphatic carbocycles. The van der Waals surface area contributed by atoms with E-state index in [0.717, 1.165) is 23.4 Å². The smallest absolute Gasteiger partial charge is 0.248 e. The molecule has 33 heavy (non-hydrogen) atoms. The van der Waals surface area contributed by atoms with Gasteiger partial charge in [-0.3, -0.25) is 10.1 Å². The molecule has 2 atom stereocenters. The number of aromatic nitrogens is 6. The van der Waals surface area contributed by atoms with E-state index in [1.807, 2.05) is 0 Å². The number of anilines is 1.